The number of hydrazine groups is 1. The zero-order valence-electron chi connectivity index (χ0n) is 16.4. The number of hydrogen-bond acceptors (Lipinski definition) is 6. The molecule has 7 nitrogen and oxygen atoms in total. The van der Waals surface area contributed by atoms with Crippen LogP contribution in [0.15, 0.2) is 18.2 Å². The monoisotopic (exact) mass is 423 g/mol. The van der Waals surface area contributed by atoms with E-state index in [1.165, 1.54) is 12.1 Å². The summed E-state index contributed by atoms with van der Waals surface area (Å²) in [7, 11) is 0. The lowest BCUT2D eigenvalue weighted by atomic mass is 9.44. The second kappa shape index (κ2) is 7.06. The van der Waals surface area contributed by atoms with Gasteiger partial charge in [0.1, 0.15) is 11.6 Å². The molecule has 0 radical (unpaired) electrons. The van der Waals surface area contributed by atoms with Crippen molar-refractivity contribution >= 4 is 17.5 Å². The molecule has 158 valence electrons. The maximum atomic E-state index is 13.5. The van der Waals surface area contributed by atoms with Gasteiger partial charge in [-0.2, -0.15) is 0 Å². The van der Waals surface area contributed by atoms with Crippen LogP contribution in [0.5, 0.6) is 5.75 Å². The molecule has 5 aliphatic rings. The fraction of sp³-hybridized carbons (Fsp3) is 0.650. The summed E-state index contributed by atoms with van der Waals surface area (Å²) >= 11 is 5.66. The molecule has 1 amide bonds. The van der Waals surface area contributed by atoms with Gasteiger partial charge in [0, 0.05) is 36.3 Å². The van der Waals surface area contributed by atoms with E-state index in [-0.39, 0.29) is 34.8 Å². The smallest absolute Gasteiger partial charge is 0.258 e. The first-order valence-electron chi connectivity index (χ1n) is 10.3. The van der Waals surface area contributed by atoms with Crippen LogP contribution in [0.1, 0.15) is 32.6 Å². The molecule has 1 aromatic carbocycles. The zero-order valence-corrected chi connectivity index (χ0v) is 17.2. The summed E-state index contributed by atoms with van der Waals surface area (Å²) in [6.45, 7) is 4.08. The minimum atomic E-state index is -0.557. The topological polar surface area (TPSA) is 77.7 Å². The summed E-state index contributed by atoms with van der Waals surface area (Å²) < 4.78 is 18.8. The number of fused-ring (bicyclic) bond motifs is 1. The fourth-order valence-corrected chi connectivity index (χ4v) is 5.66. The van der Waals surface area contributed by atoms with Crippen molar-refractivity contribution in [2.75, 3.05) is 19.7 Å². The molecule has 3 atom stereocenters. The molecule has 29 heavy (non-hydrogen) atoms. The van der Waals surface area contributed by atoms with E-state index in [1.807, 2.05) is 0 Å². The lowest BCUT2D eigenvalue weighted by Gasteiger charge is -2.71. The maximum absolute atomic E-state index is 13.5. The number of nitrogens with zero attached hydrogens (tertiary/aromatic N) is 1. The van der Waals surface area contributed by atoms with Crippen LogP contribution in [0, 0.1) is 5.82 Å². The Morgan fingerprint density at radius 2 is 2.17 bits per heavy atom. The number of rotatable bonds is 6. The highest BCUT2D eigenvalue weighted by Crippen LogP contribution is 2.60. The van der Waals surface area contributed by atoms with E-state index in [1.54, 1.807) is 6.07 Å². The number of hydrogen-bond donors (Lipinski definition) is 4. The minimum absolute atomic E-state index is 0.0342. The SMILES string of the molecule is CC1CC2C(NC34CC(NC(=O)COc5ccc(Cl)c(F)c5)(C3)C4)NCCN2N1. The zero-order chi connectivity index (χ0) is 20.2. The van der Waals surface area contributed by atoms with Gasteiger partial charge in [0.25, 0.3) is 5.91 Å². The number of carbonyl (C=O) groups is 1. The maximum Gasteiger partial charge on any atom is 0.258 e. The van der Waals surface area contributed by atoms with Gasteiger partial charge in [-0.3, -0.25) is 20.9 Å². The van der Waals surface area contributed by atoms with Crippen molar-refractivity contribution in [1.29, 1.82) is 0 Å². The van der Waals surface area contributed by atoms with Crippen LogP contribution < -0.4 is 26.1 Å². The van der Waals surface area contributed by atoms with Crippen molar-refractivity contribution in [3.8, 4) is 5.75 Å². The first-order valence-corrected chi connectivity index (χ1v) is 10.7. The van der Waals surface area contributed by atoms with Crippen LogP contribution in [0.3, 0.4) is 0 Å². The van der Waals surface area contributed by atoms with Gasteiger partial charge < -0.3 is 10.1 Å². The first-order chi connectivity index (χ1) is 13.9. The highest BCUT2D eigenvalue weighted by atomic mass is 35.5. The molecule has 0 spiro atoms. The Bertz CT molecular complexity index is 804. The van der Waals surface area contributed by atoms with E-state index < -0.39 is 5.82 Å². The summed E-state index contributed by atoms with van der Waals surface area (Å²) in [5, 5.41) is 12.9. The summed E-state index contributed by atoms with van der Waals surface area (Å²) in [6.07, 6.45) is 4.23. The third kappa shape index (κ3) is 3.61. The molecule has 9 heteroatoms. The highest BCUT2D eigenvalue weighted by molar-refractivity contribution is 6.30. The van der Waals surface area contributed by atoms with Gasteiger partial charge in [-0.25, -0.2) is 9.40 Å². The Morgan fingerprint density at radius 3 is 2.93 bits per heavy atom. The van der Waals surface area contributed by atoms with Crippen molar-refractivity contribution < 1.29 is 13.9 Å². The molecule has 2 aliphatic heterocycles. The lowest BCUT2D eigenvalue weighted by Crippen LogP contribution is -2.86. The summed E-state index contributed by atoms with van der Waals surface area (Å²) in [4.78, 5) is 12.3. The standard InChI is InChI=1S/C20H27ClFN5O2/c1-12-6-16-18(23-4-5-27(16)26-12)25-20-9-19(10-20,11-20)24-17(28)8-29-13-2-3-14(21)15(22)7-13/h2-3,7,12,16,18,23,25-26H,4-6,8-11H2,1H3,(H,24,28). The minimum Gasteiger partial charge on any atom is -0.484 e. The van der Waals surface area contributed by atoms with Gasteiger partial charge in [-0.05, 0) is 44.7 Å². The lowest BCUT2D eigenvalue weighted by molar-refractivity contribution is -0.147. The van der Waals surface area contributed by atoms with Crippen LogP contribution in [0.4, 0.5) is 4.39 Å². The summed E-state index contributed by atoms with van der Waals surface area (Å²) in [5.74, 6) is -0.437. The summed E-state index contributed by atoms with van der Waals surface area (Å²) in [6, 6.07) is 5.14. The molecule has 3 aliphatic carbocycles. The van der Waals surface area contributed by atoms with Crippen LogP contribution in [0.2, 0.25) is 5.02 Å². The molecule has 4 N–H and O–H groups in total. The van der Waals surface area contributed by atoms with Crippen molar-refractivity contribution in [1.82, 2.24) is 26.4 Å². The van der Waals surface area contributed by atoms with Crippen LogP contribution in [-0.2, 0) is 4.79 Å². The van der Waals surface area contributed by atoms with Gasteiger partial charge >= 0.3 is 0 Å². The van der Waals surface area contributed by atoms with E-state index in [4.69, 9.17) is 16.3 Å². The molecule has 2 saturated heterocycles. The summed E-state index contributed by atoms with van der Waals surface area (Å²) in [5.41, 5.74) is 3.55. The number of ether oxygens (including phenoxy) is 1. The number of halogens is 2. The second-order valence-electron chi connectivity index (χ2n) is 9.11. The van der Waals surface area contributed by atoms with Gasteiger partial charge in [-0.15, -0.1) is 0 Å². The van der Waals surface area contributed by atoms with Crippen molar-refractivity contribution in [3.05, 3.63) is 29.0 Å². The van der Waals surface area contributed by atoms with Gasteiger partial charge in [0.15, 0.2) is 6.61 Å². The van der Waals surface area contributed by atoms with Crippen molar-refractivity contribution in [3.63, 3.8) is 0 Å². The van der Waals surface area contributed by atoms with Gasteiger partial charge in [0.05, 0.1) is 17.2 Å². The predicted octanol–water partition coefficient (Wildman–Crippen LogP) is 1.14. The van der Waals surface area contributed by atoms with Gasteiger partial charge in [-0.1, -0.05) is 11.6 Å². The fourth-order valence-electron chi connectivity index (χ4n) is 5.54. The number of benzene rings is 1. The molecule has 3 unspecified atom stereocenters. The Morgan fingerprint density at radius 1 is 1.38 bits per heavy atom. The quantitative estimate of drug-likeness (QED) is 0.549. The molecule has 1 aromatic rings. The van der Waals surface area contributed by atoms with Crippen LogP contribution in [-0.4, -0.2) is 59.9 Å². The highest BCUT2D eigenvalue weighted by Gasteiger charge is 2.69. The van der Waals surface area contributed by atoms with Crippen molar-refractivity contribution in [2.24, 2.45) is 0 Å². The molecule has 2 bridgehead atoms. The third-order valence-electron chi connectivity index (χ3n) is 6.64. The third-order valence-corrected chi connectivity index (χ3v) is 6.95. The Kier molecular flexibility index (Phi) is 4.75. The predicted molar refractivity (Wildman–Crippen MR) is 107 cm³/mol. The first kappa shape index (κ1) is 19.5. The number of carbonyl (C=O) groups excluding carboxylic acids is 1. The average molecular weight is 424 g/mol. The second-order valence-corrected chi connectivity index (χ2v) is 9.51. The van der Waals surface area contributed by atoms with E-state index >= 15 is 0 Å². The van der Waals surface area contributed by atoms with E-state index in [9.17, 15) is 9.18 Å². The molecule has 3 saturated carbocycles. The van der Waals surface area contributed by atoms with Crippen LogP contribution >= 0.6 is 11.6 Å². The number of nitrogens with one attached hydrogen (secondary N) is 4. The molecular weight excluding hydrogens is 397 g/mol. The Balaban J connectivity index is 1.09. The normalized spacial score (nSPS) is 38.0. The van der Waals surface area contributed by atoms with Crippen molar-refractivity contribution in [2.45, 2.75) is 61.9 Å². The van der Waals surface area contributed by atoms with Gasteiger partial charge in [0.2, 0.25) is 0 Å². The Labute approximate surface area is 174 Å². The molecule has 6 rings (SSSR count). The number of piperazine rings is 1. The molecular formula is C20H27ClFN5O2. The molecule has 2 heterocycles. The van der Waals surface area contributed by atoms with E-state index in [0.717, 1.165) is 38.8 Å². The van der Waals surface area contributed by atoms with E-state index in [2.05, 4.69) is 33.3 Å². The molecule has 0 aromatic heterocycles. The molecule has 5 fully saturated rings. The largest absolute Gasteiger partial charge is 0.484 e. The Hall–Kier alpha value is -1.45. The van der Waals surface area contributed by atoms with E-state index in [0.29, 0.717) is 17.8 Å². The average Bonchev–Trinajstić information content (AvgIpc) is 3.01. The van der Waals surface area contributed by atoms with Crippen LogP contribution in [0.25, 0.3) is 0 Å². The number of amides is 1.